The number of hydrogen-bond donors (Lipinski definition) is 1. The van der Waals surface area contributed by atoms with Crippen LogP contribution in [0, 0.1) is 5.92 Å². The van der Waals surface area contributed by atoms with Crippen LogP contribution in [0.2, 0.25) is 0 Å². The van der Waals surface area contributed by atoms with Gasteiger partial charge >= 0.3 is 0 Å². The molecule has 18 heavy (non-hydrogen) atoms. The summed E-state index contributed by atoms with van der Waals surface area (Å²) in [4.78, 5) is 12.4. The first-order valence-electron chi connectivity index (χ1n) is 6.30. The zero-order valence-electron chi connectivity index (χ0n) is 10.2. The van der Waals surface area contributed by atoms with E-state index in [1.165, 1.54) is 5.56 Å². The van der Waals surface area contributed by atoms with Gasteiger partial charge in [-0.05, 0) is 37.1 Å². The zero-order chi connectivity index (χ0) is 11.7. The monoisotopic (exact) mass is 267 g/mol. The smallest absolute Gasteiger partial charge is 0.169 e. The van der Waals surface area contributed by atoms with Crippen LogP contribution in [0.25, 0.3) is 0 Å². The molecule has 1 atom stereocenters. The van der Waals surface area contributed by atoms with Gasteiger partial charge in [0, 0.05) is 5.92 Å². The molecule has 2 aliphatic rings. The molecular formula is C14H18ClNO2. The molecule has 2 aliphatic heterocycles. The van der Waals surface area contributed by atoms with E-state index in [9.17, 15) is 4.79 Å². The number of carbonyl (C=O) groups is 1. The van der Waals surface area contributed by atoms with Gasteiger partial charge in [0.1, 0.15) is 6.10 Å². The number of ketones is 1. The lowest BCUT2D eigenvalue weighted by Crippen LogP contribution is -2.34. The molecule has 1 fully saturated rings. The fourth-order valence-electron chi connectivity index (χ4n) is 2.74. The number of Topliss-reactive ketones (excluding diaryl/α,β-unsaturated/α-hetero) is 1. The van der Waals surface area contributed by atoms with Crippen LogP contribution in [0.5, 0.6) is 0 Å². The normalized spacial score (nSPS) is 23.2. The summed E-state index contributed by atoms with van der Waals surface area (Å²) in [7, 11) is 0. The Balaban J connectivity index is 0.00000120. The van der Waals surface area contributed by atoms with Crippen molar-refractivity contribution in [3.8, 4) is 0 Å². The molecule has 0 aliphatic carbocycles. The van der Waals surface area contributed by atoms with Crippen molar-refractivity contribution in [2.75, 3.05) is 13.1 Å². The lowest BCUT2D eigenvalue weighted by atomic mass is 9.88. The summed E-state index contributed by atoms with van der Waals surface area (Å²) < 4.78 is 5.67. The van der Waals surface area contributed by atoms with Crippen molar-refractivity contribution in [3.63, 3.8) is 0 Å². The van der Waals surface area contributed by atoms with Crippen molar-refractivity contribution in [3.05, 3.63) is 35.4 Å². The molecular weight excluding hydrogens is 250 g/mol. The summed E-state index contributed by atoms with van der Waals surface area (Å²) >= 11 is 0. The van der Waals surface area contributed by atoms with Crippen LogP contribution in [-0.4, -0.2) is 18.9 Å². The first-order valence-corrected chi connectivity index (χ1v) is 6.30. The van der Waals surface area contributed by atoms with E-state index >= 15 is 0 Å². The lowest BCUT2D eigenvalue weighted by Gasteiger charge is -2.24. The Morgan fingerprint density at radius 1 is 1.22 bits per heavy atom. The van der Waals surface area contributed by atoms with Crippen LogP contribution >= 0.6 is 12.4 Å². The number of carbonyl (C=O) groups excluding carboxylic acids is 1. The highest BCUT2D eigenvalue weighted by Crippen LogP contribution is 2.34. The third-order valence-corrected chi connectivity index (χ3v) is 3.74. The Bertz CT molecular complexity index is 430. The maximum Gasteiger partial charge on any atom is 0.169 e. The highest BCUT2D eigenvalue weighted by molar-refractivity contribution is 5.87. The minimum Gasteiger partial charge on any atom is -0.361 e. The van der Waals surface area contributed by atoms with Gasteiger partial charge in [-0.1, -0.05) is 24.3 Å². The van der Waals surface area contributed by atoms with Crippen molar-refractivity contribution in [2.24, 2.45) is 5.92 Å². The average molecular weight is 268 g/mol. The second-order valence-corrected chi connectivity index (χ2v) is 4.82. The van der Waals surface area contributed by atoms with E-state index in [-0.39, 0.29) is 30.2 Å². The van der Waals surface area contributed by atoms with Gasteiger partial charge in [-0.2, -0.15) is 0 Å². The molecule has 0 saturated carbocycles. The van der Waals surface area contributed by atoms with E-state index in [2.05, 4.69) is 5.32 Å². The number of fused-ring (bicyclic) bond motifs is 1. The van der Waals surface area contributed by atoms with Crippen LogP contribution in [-0.2, 0) is 16.1 Å². The number of piperidine rings is 1. The van der Waals surface area contributed by atoms with Crippen molar-refractivity contribution >= 4 is 18.2 Å². The second kappa shape index (κ2) is 5.83. The molecule has 1 aromatic carbocycles. The molecule has 0 spiro atoms. The first kappa shape index (κ1) is 13.5. The third-order valence-electron chi connectivity index (χ3n) is 3.74. The Hall–Kier alpha value is -0.900. The molecule has 0 radical (unpaired) electrons. The van der Waals surface area contributed by atoms with Gasteiger partial charge in [0.25, 0.3) is 0 Å². The van der Waals surface area contributed by atoms with Crippen LogP contribution in [0.4, 0.5) is 0 Å². The number of nitrogens with one attached hydrogen (secondary N) is 1. The summed E-state index contributed by atoms with van der Waals surface area (Å²) in [5.74, 6) is 0.448. The number of rotatable bonds is 2. The quantitative estimate of drug-likeness (QED) is 0.893. The summed E-state index contributed by atoms with van der Waals surface area (Å²) in [5.41, 5.74) is 2.25. The number of ether oxygens (including phenoxy) is 1. The van der Waals surface area contributed by atoms with Crippen LogP contribution in [0.3, 0.4) is 0 Å². The fourth-order valence-corrected chi connectivity index (χ4v) is 2.74. The van der Waals surface area contributed by atoms with Crippen molar-refractivity contribution in [1.29, 1.82) is 0 Å². The summed E-state index contributed by atoms with van der Waals surface area (Å²) in [6.45, 7) is 2.48. The number of benzene rings is 1. The predicted molar refractivity (Wildman–Crippen MR) is 71.8 cm³/mol. The maximum absolute atomic E-state index is 12.4. The van der Waals surface area contributed by atoms with E-state index in [4.69, 9.17) is 4.74 Å². The average Bonchev–Trinajstić information content (AvgIpc) is 2.83. The molecule has 4 heteroatoms. The third kappa shape index (κ3) is 2.44. The topological polar surface area (TPSA) is 38.3 Å². The molecule has 2 heterocycles. The van der Waals surface area contributed by atoms with Crippen LogP contribution in [0.1, 0.15) is 30.1 Å². The molecule has 1 unspecified atom stereocenters. The zero-order valence-corrected chi connectivity index (χ0v) is 11.0. The Kier molecular flexibility index (Phi) is 4.38. The standard InChI is InChI=1S/C14H17NO2.ClH/c16-13(10-5-7-15-8-6-10)14-12-4-2-1-3-11(12)9-17-14;/h1-4,10,14-15H,5-9H2;1H. The molecule has 3 nitrogen and oxygen atoms in total. The molecule has 3 rings (SSSR count). The van der Waals surface area contributed by atoms with Crippen molar-refractivity contribution in [2.45, 2.75) is 25.6 Å². The highest BCUT2D eigenvalue weighted by Gasteiger charge is 2.34. The Morgan fingerprint density at radius 2 is 1.94 bits per heavy atom. The Labute approximate surface area is 113 Å². The molecule has 1 aromatic rings. The van der Waals surface area contributed by atoms with Gasteiger partial charge in [0.2, 0.25) is 0 Å². The first-order chi connectivity index (χ1) is 8.36. The van der Waals surface area contributed by atoms with Gasteiger partial charge in [-0.15, -0.1) is 12.4 Å². The molecule has 1 N–H and O–H groups in total. The molecule has 0 bridgehead atoms. The fraction of sp³-hybridized carbons (Fsp3) is 0.500. The highest BCUT2D eigenvalue weighted by atomic mass is 35.5. The van der Waals surface area contributed by atoms with E-state index in [1.54, 1.807) is 0 Å². The summed E-state index contributed by atoms with van der Waals surface area (Å²) in [5, 5.41) is 3.29. The van der Waals surface area contributed by atoms with E-state index in [0.29, 0.717) is 6.61 Å². The van der Waals surface area contributed by atoms with Crippen molar-refractivity contribution in [1.82, 2.24) is 5.32 Å². The van der Waals surface area contributed by atoms with E-state index in [1.807, 2.05) is 24.3 Å². The van der Waals surface area contributed by atoms with Gasteiger partial charge in [-0.25, -0.2) is 0 Å². The van der Waals surface area contributed by atoms with Crippen LogP contribution in [0.15, 0.2) is 24.3 Å². The predicted octanol–water partition coefficient (Wildman–Crippen LogP) is 2.25. The minimum absolute atomic E-state index is 0. The van der Waals surface area contributed by atoms with Gasteiger partial charge in [0.15, 0.2) is 5.78 Å². The number of hydrogen-bond acceptors (Lipinski definition) is 3. The van der Waals surface area contributed by atoms with E-state index in [0.717, 1.165) is 31.5 Å². The molecule has 0 amide bonds. The molecule has 98 valence electrons. The van der Waals surface area contributed by atoms with Gasteiger partial charge < -0.3 is 10.1 Å². The number of halogens is 1. The van der Waals surface area contributed by atoms with Gasteiger partial charge in [0.05, 0.1) is 6.61 Å². The summed E-state index contributed by atoms with van der Waals surface area (Å²) in [6.07, 6.45) is 1.58. The largest absolute Gasteiger partial charge is 0.361 e. The van der Waals surface area contributed by atoms with E-state index < -0.39 is 0 Å². The van der Waals surface area contributed by atoms with Crippen molar-refractivity contribution < 1.29 is 9.53 Å². The lowest BCUT2D eigenvalue weighted by molar-refractivity contribution is -0.135. The maximum atomic E-state index is 12.4. The SMILES string of the molecule is Cl.O=C(C1CCNCC1)C1OCc2ccccc21. The Morgan fingerprint density at radius 3 is 2.72 bits per heavy atom. The van der Waals surface area contributed by atoms with Gasteiger partial charge in [-0.3, -0.25) is 4.79 Å². The second-order valence-electron chi connectivity index (χ2n) is 4.82. The molecule has 0 aromatic heterocycles. The summed E-state index contributed by atoms with van der Waals surface area (Å²) in [6, 6.07) is 8.05. The van der Waals surface area contributed by atoms with Crippen LogP contribution < -0.4 is 5.32 Å². The molecule has 1 saturated heterocycles. The minimum atomic E-state index is -0.311.